The second-order valence-electron chi connectivity index (χ2n) is 8.16. The van der Waals surface area contributed by atoms with Gasteiger partial charge in [-0.15, -0.1) is 11.3 Å². The first kappa shape index (κ1) is 31.8. The fourth-order valence-corrected chi connectivity index (χ4v) is 5.12. The number of benzene rings is 1. The molecule has 0 saturated heterocycles. The summed E-state index contributed by atoms with van der Waals surface area (Å²) in [6, 6.07) is 5.86. The molecule has 0 radical (unpaired) electrons. The van der Waals surface area contributed by atoms with Crippen LogP contribution in [0.5, 0.6) is 5.75 Å². The molecule has 1 aliphatic heterocycles. The standard InChI is InChI=1S/C21H25ClN4OS.C3H8O.C2H6.CH2O/c1-12(2)19-24-20(23-10-13-5-6-16(27-4)15(22)9-13)18-14-7-8-26(3)11-17(14)28-21(18)25-19;1-3-4-2;2*1-2/h5-6,9,12H,7-8,10-11H2,1-4H3,(H,23,24,25);3H2,1-2H3;1-2H3;1H2. The number of likely N-dealkylation sites (N-methyl/N-ethyl adjacent to an activating group) is 1. The maximum atomic E-state index is 8.00. The van der Waals surface area contributed by atoms with Crippen molar-refractivity contribution in [3.05, 3.63) is 45.1 Å². The largest absolute Gasteiger partial charge is 0.495 e. The summed E-state index contributed by atoms with van der Waals surface area (Å²) in [5.41, 5.74) is 2.50. The molecule has 0 fully saturated rings. The number of rotatable bonds is 6. The highest BCUT2D eigenvalue weighted by Crippen LogP contribution is 2.38. The van der Waals surface area contributed by atoms with Gasteiger partial charge in [-0.25, -0.2) is 9.97 Å². The van der Waals surface area contributed by atoms with Crippen molar-refractivity contribution < 1.29 is 14.3 Å². The summed E-state index contributed by atoms with van der Waals surface area (Å²) in [5, 5.41) is 5.36. The van der Waals surface area contributed by atoms with Gasteiger partial charge >= 0.3 is 0 Å². The molecule has 1 aliphatic rings. The zero-order chi connectivity index (χ0) is 27.3. The minimum Gasteiger partial charge on any atom is -0.495 e. The van der Waals surface area contributed by atoms with Crippen LogP contribution in [0.15, 0.2) is 18.2 Å². The summed E-state index contributed by atoms with van der Waals surface area (Å²) in [6.45, 7) is 15.8. The second-order valence-corrected chi connectivity index (χ2v) is 9.65. The van der Waals surface area contributed by atoms with Gasteiger partial charge in [0, 0.05) is 44.1 Å². The number of hydrogen-bond donors (Lipinski definition) is 1. The van der Waals surface area contributed by atoms with Crippen molar-refractivity contribution in [1.82, 2.24) is 14.9 Å². The molecule has 7 nitrogen and oxygen atoms in total. The Hall–Kier alpha value is -2.26. The van der Waals surface area contributed by atoms with E-state index in [9.17, 15) is 0 Å². The molecule has 0 unspecified atom stereocenters. The molecule has 3 aromatic rings. The number of ether oxygens (including phenoxy) is 2. The van der Waals surface area contributed by atoms with Crippen LogP contribution in [0.25, 0.3) is 10.2 Å². The van der Waals surface area contributed by atoms with E-state index in [1.807, 2.05) is 57.1 Å². The predicted molar refractivity (Wildman–Crippen MR) is 153 cm³/mol. The Bertz CT molecular complexity index is 1070. The minimum absolute atomic E-state index is 0.280. The van der Waals surface area contributed by atoms with Gasteiger partial charge in [-0.1, -0.05) is 45.4 Å². The topological polar surface area (TPSA) is 76.6 Å². The number of halogens is 1. The Morgan fingerprint density at radius 2 is 1.89 bits per heavy atom. The van der Waals surface area contributed by atoms with Crippen molar-refractivity contribution in [1.29, 1.82) is 0 Å². The van der Waals surface area contributed by atoms with E-state index in [2.05, 4.69) is 35.8 Å². The van der Waals surface area contributed by atoms with Crippen molar-refractivity contribution in [3.63, 3.8) is 0 Å². The van der Waals surface area contributed by atoms with Crippen LogP contribution in [0.2, 0.25) is 5.02 Å². The normalized spacial score (nSPS) is 12.4. The third-order valence-electron chi connectivity index (χ3n) is 5.39. The Balaban J connectivity index is 0.000000725. The number of nitrogens with one attached hydrogen (secondary N) is 1. The molecular formula is C27H41ClN4O3S. The van der Waals surface area contributed by atoms with E-state index in [0.29, 0.717) is 17.3 Å². The van der Waals surface area contributed by atoms with Gasteiger partial charge in [-0.3, -0.25) is 0 Å². The average Bonchev–Trinajstić information content (AvgIpc) is 3.27. The lowest BCUT2D eigenvalue weighted by Gasteiger charge is -2.22. The first-order valence-corrected chi connectivity index (χ1v) is 13.4. The van der Waals surface area contributed by atoms with E-state index < -0.39 is 0 Å². The summed E-state index contributed by atoms with van der Waals surface area (Å²) in [7, 11) is 5.48. The summed E-state index contributed by atoms with van der Waals surface area (Å²) in [4.78, 5) is 22.6. The van der Waals surface area contributed by atoms with Crippen LogP contribution in [-0.4, -0.2) is 56.1 Å². The van der Waals surface area contributed by atoms with Crippen LogP contribution in [-0.2, 0) is 29.0 Å². The molecule has 0 bridgehead atoms. The Labute approximate surface area is 225 Å². The lowest BCUT2D eigenvalue weighted by atomic mass is 10.0. The molecule has 3 heterocycles. The molecule has 0 aliphatic carbocycles. The Kier molecular flexibility index (Phi) is 14.5. The van der Waals surface area contributed by atoms with Crippen molar-refractivity contribution in [3.8, 4) is 5.75 Å². The molecule has 200 valence electrons. The molecular weight excluding hydrogens is 496 g/mol. The number of carbonyl (C=O) groups is 1. The van der Waals surface area contributed by atoms with E-state index >= 15 is 0 Å². The maximum absolute atomic E-state index is 8.00. The van der Waals surface area contributed by atoms with Crippen LogP contribution >= 0.6 is 22.9 Å². The lowest BCUT2D eigenvalue weighted by Crippen LogP contribution is -2.25. The molecule has 36 heavy (non-hydrogen) atoms. The number of thiophene rings is 1. The van der Waals surface area contributed by atoms with Crippen LogP contribution in [0.3, 0.4) is 0 Å². The molecule has 4 rings (SSSR count). The predicted octanol–water partition coefficient (Wildman–Crippen LogP) is 6.57. The maximum Gasteiger partial charge on any atom is 0.139 e. The number of nitrogens with zero attached hydrogens (tertiary/aromatic N) is 3. The van der Waals surface area contributed by atoms with Crippen molar-refractivity contribution in [2.24, 2.45) is 0 Å². The van der Waals surface area contributed by atoms with Gasteiger partial charge in [0.05, 0.1) is 17.5 Å². The van der Waals surface area contributed by atoms with Gasteiger partial charge in [0.25, 0.3) is 0 Å². The van der Waals surface area contributed by atoms with E-state index in [-0.39, 0.29) is 5.92 Å². The molecule has 1 aromatic carbocycles. The fraction of sp³-hybridized carbons (Fsp3) is 0.519. The zero-order valence-corrected chi connectivity index (χ0v) is 24.5. The number of aromatic nitrogens is 2. The molecule has 1 N–H and O–H groups in total. The number of fused-ring (bicyclic) bond motifs is 3. The number of methoxy groups -OCH3 is 2. The molecule has 2 aromatic heterocycles. The van der Waals surface area contributed by atoms with Gasteiger partial charge in [-0.2, -0.15) is 0 Å². The summed E-state index contributed by atoms with van der Waals surface area (Å²) in [6.07, 6.45) is 1.04. The number of hydrogen-bond acceptors (Lipinski definition) is 8. The van der Waals surface area contributed by atoms with Crippen LogP contribution < -0.4 is 10.1 Å². The third-order valence-corrected chi connectivity index (χ3v) is 6.80. The van der Waals surface area contributed by atoms with Crippen molar-refractivity contribution >= 4 is 45.8 Å². The van der Waals surface area contributed by atoms with Crippen LogP contribution in [0.1, 0.15) is 62.4 Å². The summed E-state index contributed by atoms with van der Waals surface area (Å²) >= 11 is 8.09. The summed E-state index contributed by atoms with van der Waals surface area (Å²) < 4.78 is 9.79. The van der Waals surface area contributed by atoms with Crippen LogP contribution in [0.4, 0.5) is 5.82 Å². The third kappa shape index (κ3) is 8.40. The Morgan fingerprint density at radius 3 is 2.44 bits per heavy atom. The van der Waals surface area contributed by atoms with Gasteiger partial charge in [0.15, 0.2) is 0 Å². The van der Waals surface area contributed by atoms with Crippen LogP contribution in [0, 0.1) is 0 Å². The fourth-order valence-electron chi connectivity index (χ4n) is 3.53. The minimum atomic E-state index is 0.280. The van der Waals surface area contributed by atoms with E-state index in [4.69, 9.17) is 31.1 Å². The Morgan fingerprint density at radius 1 is 1.22 bits per heavy atom. The molecule has 0 spiro atoms. The highest BCUT2D eigenvalue weighted by Gasteiger charge is 2.23. The monoisotopic (exact) mass is 536 g/mol. The SMILES string of the molecule is C=O.CC.CCOC.COc1ccc(CNc2nc(C(C)C)nc3sc4c(c23)CCN(C)C4)cc1Cl. The molecule has 9 heteroatoms. The lowest BCUT2D eigenvalue weighted by molar-refractivity contribution is -0.0979. The van der Waals surface area contributed by atoms with Gasteiger partial charge < -0.3 is 24.5 Å². The molecule has 0 saturated carbocycles. The average molecular weight is 537 g/mol. The molecule has 0 atom stereocenters. The van der Waals surface area contributed by atoms with Crippen molar-refractivity contribution in [2.45, 2.75) is 60.0 Å². The first-order valence-electron chi connectivity index (χ1n) is 12.2. The second kappa shape index (κ2) is 16.5. The number of carbonyl (C=O) groups excluding carboxylic acids is 1. The summed E-state index contributed by atoms with van der Waals surface area (Å²) in [5.74, 6) is 2.78. The molecule has 0 amide bonds. The highest BCUT2D eigenvalue weighted by molar-refractivity contribution is 7.19. The van der Waals surface area contributed by atoms with E-state index in [1.54, 1.807) is 14.2 Å². The zero-order valence-electron chi connectivity index (χ0n) is 22.9. The first-order chi connectivity index (χ1) is 17.4. The number of anilines is 1. The van der Waals surface area contributed by atoms with Gasteiger partial charge in [0.1, 0.15) is 29.0 Å². The highest BCUT2D eigenvalue weighted by atomic mass is 35.5. The van der Waals surface area contributed by atoms with Crippen molar-refractivity contribution in [2.75, 3.05) is 39.7 Å². The quantitative estimate of drug-likeness (QED) is 0.381. The van der Waals surface area contributed by atoms with Gasteiger partial charge in [-0.05, 0) is 43.7 Å². The smallest absolute Gasteiger partial charge is 0.139 e. The van der Waals surface area contributed by atoms with Gasteiger partial charge in [0.2, 0.25) is 0 Å². The van der Waals surface area contributed by atoms with E-state index in [0.717, 1.165) is 48.2 Å². The van der Waals surface area contributed by atoms with E-state index in [1.165, 1.54) is 15.8 Å².